The summed E-state index contributed by atoms with van der Waals surface area (Å²) in [5.74, 6) is -0.286. The number of rotatable bonds is 5. The number of carbonyl (C=O) groups is 2. The summed E-state index contributed by atoms with van der Waals surface area (Å²) in [6.45, 7) is 0. The van der Waals surface area contributed by atoms with Crippen molar-refractivity contribution in [3.8, 4) is 0 Å². The van der Waals surface area contributed by atoms with Crippen LogP contribution in [0.1, 0.15) is 0 Å². The summed E-state index contributed by atoms with van der Waals surface area (Å²) < 4.78 is -0.286. The number of amides is 1. The van der Waals surface area contributed by atoms with Crippen LogP contribution in [0, 0.1) is 0 Å². The topological polar surface area (TPSA) is 49.4 Å². The molecule has 0 radical (unpaired) electrons. The molecule has 0 heterocycles. The predicted molar refractivity (Wildman–Crippen MR) is 88.8 cm³/mol. The van der Waals surface area contributed by atoms with Crippen LogP contribution in [0.5, 0.6) is 0 Å². The van der Waals surface area contributed by atoms with Crippen molar-refractivity contribution in [3.63, 3.8) is 0 Å². The van der Waals surface area contributed by atoms with Gasteiger partial charge in [-0.3, -0.25) is 9.59 Å². The van der Waals surface area contributed by atoms with Gasteiger partial charge in [-0.05, 0) is 34.1 Å². The van der Waals surface area contributed by atoms with E-state index in [0.29, 0.717) is 5.69 Å². The lowest BCUT2D eigenvalue weighted by Gasteiger charge is -2.16. The summed E-state index contributed by atoms with van der Waals surface area (Å²) in [5.41, 5.74) is 1.67. The minimum Gasteiger partial charge on any atom is -0.378 e. The molecule has 0 saturated heterocycles. The summed E-state index contributed by atoms with van der Waals surface area (Å²) in [5, 5.41) is 2.76. The van der Waals surface area contributed by atoms with Gasteiger partial charge in [0.1, 0.15) is 9.65 Å². The highest BCUT2D eigenvalue weighted by atomic mass is 79.9. The summed E-state index contributed by atoms with van der Waals surface area (Å²) in [6.07, 6.45) is 0. The number of hydrogen-bond acceptors (Lipinski definition) is 3. The molecule has 2 atom stereocenters. The zero-order valence-electron chi connectivity index (χ0n) is 10.4. The van der Waals surface area contributed by atoms with E-state index < -0.39 is 9.65 Å². The van der Waals surface area contributed by atoms with Crippen molar-refractivity contribution < 1.29 is 9.59 Å². The zero-order chi connectivity index (χ0) is 14.6. The van der Waals surface area contributed by atoms with Gasteiger partial charge in [-0.25, -0.2) is 0 Å². The fourth-order valence-electron chi connectivity index (χ4n) is 1.32. The van der Waals surface area contributed by atoms with Crippen molar-refractivity contribution in [2.45, 2.75) is 9.65 Å². The van der Waals surface area contributed by atoms with Gasteiger partial charge in [-0.2, -0.15) is 0 Å². The Morgan fingerprint density at radius 1 is 1.21 bits per heavy atom. The normalized spacial score (nSPS) is 13.5. The molecule has 1 rings (SSSR count). The Bertz CT molecular complexity index is 480. The lowest BCUT2D eigenvalue weighted by molar-refractivity contribution is -0.117. The van der Waals surface area contributed by atoms with Crippen LogP contribution in [0.4, 0.5) is 11.4 Å². The van der Waals surface area contributed by atoms with Crippen LogP contribution < -0.4 is 10.2 Å². The number of carbonyl (C=O) groups excluding carboxylic acids is 2. The Balaban J connectivity index is 2.77. The highest BCUT2D eigenvalue weighted by molar-refractivity contribution is 9.20. The molecule has 4 nitrogen and oxygen atoms in total. The van der Waals surface area contributed by atoms with E-state index in [4.69, 9.17) is 0 Å². The van der Waals surface area contributed by atoms with E-state index in [1.165, 1.54) is 0 Å². The van der Waals surface area contributed by atoms with Crippen LogP contribution in [0.2, 0.25) is 0 Å². The molecular formula is C12H13Br3N2O2. The van der Waals surface area contributed by atoms with Crippen molar-refractivity contribution in [2.24, 2.45) is 0 Å². The molecule has 1 aromatic rings. The number of nitrogens with zero attached hydrogens (tertiary/aromatic N) is 1. The average Bonchev–Trinajstić information content (AvgIpc) is 2.37. The van der Waals surface area contributed by atoms with Crippen molar-refractivity contribution >= 4 is 69.8 Å². The standard InChI is InChI=1S/C12H13Br3N2O2/c1-17(2)8-5-3-4-7(6-8)16-12(19)10(14)9(13)11(15)18/h3-6,9-10H,1-2H3,(H,16,19). The number of nitrogens with one attached hydrogen (secondary N) is 1. The van der Waals surface area contributed by atoms with Gasteiger partial charge in [0.15, 0.2) is 0 Å². The van der Waals surface area contributed by atoms with Crippen LogP contribution in [-0.4, -0.2) is 34.3 Å². The molecule has 19 heavy (non-hydrogen) atoms. The number of benzene rings is 1. The van der Waals surface area contributed by atoms with E-state index in [9.17, 15) is 9.59 Å². The first kappa shape index (κ1) is 16.7. The highest BCUT2D eigenvalue weighted by Gasteiger charge is 2.28. The summed E-state index contributed by atoms with van der Waals surface area (Å²) in [7, 11) is 3.85. The van der Waals surface area contributed by atoms with Crippen LogP contribution in [0.3, 0.4) is 0 Å². The van der Waals surface area contributed by atoms with Crippen LogP contribution in [-0.2, 0) is 9.59 Å². The van der Waals surface area contributed by atoms with Crippen LogP contribution >= 0.6 is 47.8 Å². The second kappa shape index (κ2) is 7.40. The molecule has 0 aromatic heterocycles. The minimum absolute atomic E-state index is 0.286. The molecule has 1 aromatic carbocycles. The number of anilines is 2. The fraction of sp³-hybridized carbons (Fsp3) is 0.333. The van der Waals surface area contributed by atoms with E-state index in [1.807, 2.05) is 37.2 Å². The lowest BCUT2D eigenvalue weighted by Crippen LogP contribution is -2.33. The molecule has 0 aliphatic rings. The van der Waals surface area contributed by atoms with E-state index >= 15 is 0 Å². The van der Waals surface area contributed by atoms with Gasteiger partial charge in [0, 0.05) is 25.5 Å². The van der Waals surface area contributed by atoms with Gasteiger partial charge in [-0.15, -0.1) is 0 Å². The smallest absolute Gasteiger partial charge is 0.239 e. The Morgan fingerprint density at radius 3 is 2.37 bits per heavy atom. The summed E-state index contributed by atoms with van der Waals surface area (Å²) in [4.78, 5) is 23.8. The molecule has 0 fully saturated rings. The van der Waals surface area contributed by atoms with Crippen molar-refractivity contribution in [2.75, 3.05) is 24.3 Å². The second-order valence-electron chi connectivity index (χ2n) is 4.04. The van der Waals surface area contributed by atoms with Crippen molar-refractivity contribution in [3.05, 3.63) is 24.3 Å². The molecule has 2 unspecified atom stereocenters. The maximum Gasteiger partial charge on any atom is 0.239 e. The number of alkyl halides is 2. The molecule has 0 saturated carbocycles. The average molecular weight is 457 g/mol. The molecule has 104 valence electrons. The molecule has 0 spiro atoms. The third-order valence-electron chi connectivity index (χ3n) is 2.35. The maximum absolute atomic E-state index is 12.0. The number of halogens is 3. The Labute approximate surface area is 137 Å². The van der Waals surface area contributed by atoms with E-state index in [2.05, 4.69) is 53.1 Å². The third kappa shape index (κ3) is 4.89. The SMILES string of the molecule is CN(C)c1cccc(NC(=O)C(Br)C(Br)C(=O)Br)c1. The third-order valence-corrected chi connectivity index (χ3v) is 6.06. The maximum atomic E-state index is 12.0. The lowest BCUT2D eigenvalue weighted by atomic mass is 10.2. The van der Waals surface area contributed by atoms with Gasteiger partial charge >= 0.3 is 0 Å². The Morgan fingerprint density at radius 2 is 1.84 bits per heavy atom. The van der Waals surface area contributed by atoms with E-state index in [-0.39, 0.29) is 10.6 Å². The van der Waals surface area contributed by atoms with Crippen LogP contribution in [0.25, 0.3) is 0 Å². The number of hydrogen-bond donors (Lipinski definition) is 1. The molecular weight excluding hydrogens is 444 g/mol. The second-order valence-corrected chi connectivity index (χ2v) is 6.80. The largest absolute Gasteiger partial charge is 0.378 e. The Hall–Kier alpha value is -0.400. The molecule has 7 heteroatoms. The fourth-order valence-corrected chi connectivity index (χ4v) is 2.53. The van der Waals surface area contributed by atoms with Gasteiger partial charge in [-0.1, -0.05) is 37.9 Å². The quantitative estimate of drug-likeness (QED) is 0.547. The monoisotopic (exact) mass is 454 g/mol. The highest BCUT2D eigenvalue weighted by Crippen LogP contribution is 2.22. The molecule has 0 bridgehead atoms. The molecule has 0 aliphatic heterocycles. The zero-order valence-corrected chi connectivity index (χ0v) is 15.1. The minimum atomic E-state index is -0.651. The predicted octanol–water partition coefficient (Wildman–Crippen LogP) is 3.14. The van der Waals surface area contributed by atoms with E-state index in [1.54, 1.807) is 6.07 Å². The molecule has 0 aliphatic carbocycles. The first-order valence-electron chi connectivity index (χ1n) is 5.38. The van der Waals surface area contributed by atoms with Crippen molar-refractivity contribution in [1.82, 2.24) is 0 Å². The first-order valence-corrected chi connectivity index (χ1v) is 8.01. The summed E-state index contributed by atoms with van der Waals surface area (Å²) in [6, 6.07) is 7.45. The van der Waals surface area contributed by atoms with Gasteiger partial charge in [0.25, 0.3) is 0 Å². The van der Waals surface area contributed by atoms with Gasteiger partial charge in [0.2, 0.25) is 10.6 Å². The summed E-state index contributed by atoms with van der Waals surface area (Å²) >= 11 is 9.16. The van der Waals surface area contributed by atoms with Gasteiger partial charge < -0.3 is 10.2 Å². The van der Waals surface area contributed by atoms with Crippen molar-refractivity contribution in [1.29, 1.82) is 0 Å². The van der Waals surface area contributed by atoms with E-state index in [0.717, 1.165) is 5.69 Å². The molecule has 1 amide bonds. The van der Waals surface area contributed by atoms with Crippen LogP contribution in [0.15, 0.2) is 24.3 Å². The first-order chi connectivity index (χ1) is 8.82. The van der Waals surface area contributed by atoms with Gasteiger partial charge in [0.05, 0.1) is 0 Å². The Kier molecular flexibility index (Phi) is 6.49. The molecule has 1 N–H and O–H groups in total.